The van der Waals surface area contributed by atoms with Crippen molar-refractivity contribution in [2.24, 2.45) is 0 Å². The molecular weight excluding hydrogens is 186 g/mol. The maximum absolute atomic E-state index is 10.7. The van der Waals surface area contributed by atoms with Crippen molar-refractivity contribution in [3.8, 4) is 0 Å². The van der Waals surface area contributed by atoms with Gasteiger partial charge in [0.2, 0.25) is 0 Å². The van der Waals surface area contributed by atoms with Crippen molar-refractivity contribution in [1.29, 1.82) is 0 Å². The third-order valence-corrected chi connectivity index (χ3v) is 2.10. The molecule has 0 atom stereocenters. The van der Waals surface area contributed by atoms with Crippen LogP contribution in [-0.2, 0) is 9.59 Å². The summed E-state index contributed by atoms with van der Waals surface area (Å²) < 4.78 is 0.588. The Bertz CT molecular complexity index is 513. The zero-order chi connectivity index (χ0) is 10.9. The Morgan fingerprint density at radius 1 is 1.14 bits per heavy atom. The molecule has 1 aromatic heterocycles. The number of hydrogen-bond acceptors (Lipinski definition) is 3. The second-order valence-electron chi connectivity index (χ2n) is 2.77. The molecule has 0 unspecified atom stereocenters. The van der Waals surface area contributed by atoms with Gasteiger partial charge in [0.05, 0.1) is 0 Å². The molecule has 1 rings (SSSR count). The lowest BCUT2D eigenvalue weighted by atomic mass is 10.2. The molecule has 0 aliphatic heterocycles. The van der Waals surface area contributed by atoms with E-state index in [1.54, 1.807) is 13.8 Å². The summed E-state index contributed by atoms with van der Waals surface area (Å²) >= 11 is 0. The van der Waals surface area contributed by atoms with Crippen LogP contribution >= 0.6 is 0 Å². The summed E-state index contributed by atoms with van der Waals surface area (Å²) in [6, 6.07) is 0. The van der Waals surface area contributed by atoms with Gasteiger partial charge in [-0.1, -0.05) is 0 Å². The van der Waals surface area contributed by atoms with Crippen LogP contribution in [0.4, 0.5) is 4.79 Å². The largest absolute Gasteiger partial charge is 0.464 e. The van der Waals surface area contributed by atoms with Crippen molar-refractivity contribution in [2.75, 3.05) is 0 Å². The van der Waals surface area contributed by atoms with E-state index in [0.717, 1.165) is 0 Å². The van der Waals surface area contributed by atoms with Gasteiger partial charge in [-0.15, -0.1) is 0 Å². The number of carbonyl (C=O) groups excluding carboxylic acids is 2. The molecule has 14 heavy (non-hydrogen) atoms. The van der Waals surface area contributed by atoms with Crippen molar-refractivity contribution in [2.45, 2.75) is 13.8 Å². The maximum Gasteiger partial charge on any atom is 0.417 e. The van der Waals surface area contributed by atoms with Crippen LogP contribution in [0.25, 0.3) is 0 Å². The molecule has 0 saturated heterocycles. The maximum atomic E-state index is 10.7. The highest BCUT2D eigenvalue weighted by molar-refractivity contribution is 5.73. The van der Waals surface area contributed by atoms with Crippen LogP contribution in [0.15, 0.2) is 0 Å². The van der Waals surface area contributed by atoms with E-state index >= 15 is 0 Å². The van der Waals surface area contributed by atoms with E-state index in [0.29, 0.717) is 15.7 Å². The third-order valence-electron chi connectivity index (χ3n) is 2.10. The number of nitrogens with zero attached hydrogens (tertiary/aromatic N) is 1. The first-order valence-corrected chi connectivity index (χ1v) is 3.76. The summed E-state index contributed by atoms with van der Waals surface area (Å²) in [4.78, 5) is 31.7. The predicted molar refractivity (Wildman–Crippen MR) is 46.2 cm³/mol. The average molecular weight is 193 g/mol. The molecule has 1 aromatic rings. The normalized spacial score (nSPS) is 9.29. The standard InChI is InChI=1S/C9H7NO4/c1-5-6(2)8(4-12)10(9(13)14)7(5)3-11/h1-2H3,(H,13,14). The summed E-state index contributed by atoms with van der Waals surface area (Å²) in [5, 5.41) is 8.46. The lowest BCUT2D eigenvalue weighted by Gasteiger charge is -1.90. The predicted octanol–water partition coefficient (Wildman–Crippen LogP) is -1.36. The molecule has 0 aliphatic carbocycles. The molecule has 72 valence electrons. The summed E-state index contributed by atoms with van der Waals surface area (Å²) in [5.41, 5.74) is 0.863. The fourth-order valence-corrected chi connectivity index (χ4v) is 1.24. The van der Waals surface area contributed by atoms with Crippen LogP contribution in [0.2, 0.25) is 0 Å². The Morgan fingerprint density at radius 3 is 1.71 bits per heavy atom. The van der Waals surface area contributed by atoms with E-state index in [1.165, 1.54) is 11.9 Å². The molecular formula is C9H7NO4. The second-order valence-corrected chi connectivity index (χ2v) is 2.77. The number of carbonyl (C=O) groups is 1. The van der Waals surface area contributed by atoms with Gasteiger partial charge in [-0.05, 0) is 25.0 Å². The molecule has 0 spiro atoms. The highest BCUT2D eigenvalue weighted by atomic mass is 16.4. The highest BCUT2D eigenvalue weighted by Crippen LogP contribution is 1.92. The first kappa shape index (κ1) is 9.99. The van der Waals surface area contributed by atoms with Gasteiger partial charge in [-0.3, -0.25) is 0 Å². The summed E-state index contributed by atoms with van der Waals surface area (Å²) in [5.74, 6) is 2.99. The van der Waals surface area contributed by atoms with Crippen molar-refractivity contribution in [3.63, 3.8) is 0 Å². The van der Waals surface area contributed by atoms with Gasteiger partial charge in [-0.2, -0.15) is 0 Å². The SMILES string of the molecule is Cc1c(C)c(=C=O)n(C(=O)O)c1=C=O. The molecule has 0 saturated carbocycles. The Labute approximate surface area is 78.6 Å². The lowest BCUT2D eigenvalue weighted by Crippen LogP contribution is -2.34. The minimum absolute atomic E-state index is 0.145. The summed E-state index contributed by atoms with van der Waals surface area (Å²) in [6.07, 6.45) is -1.39. The first-order chi connectivity index (χ1) is 6.54. The van der Waals surface area contributed by atoms with Gasteiger partial charge in [-0.25, -0.2) is 19.0 Å². The number of rotatable bonds is 0. The average Bonchev–Trinajstić information content (AvgIpc) is 2.39. The van der Waals surface area contributed by atoms with Crippen LogP contribution in [0.3, 0.4) is 0 Å². The van der Waals surface area contributed by atoms with E-state index in [2.05, 4.69) is 0 Å². The van der Waals surface area contributed by atoms with E-state index in [-0.39, 0.29) is 10.7 Å². The van der Waals surface area contributed by atoms with Crippen LogP contribution in [-0.4, -0.2) is 27.6 Å². The number of carboxylic acid groups (broad SMARTS) is 1. The molecule has 0 aromatic carbocycles. The summed E-state index contributed by atoms with van der Waals surface area (Å²) in [7, 11) is 0. The fourth-order valence-electron chi connectivity index (χ4n) is 1.24. The van der Waals surface area contributed by atoms with E-state index < -0.39 is 6.09 Å². The molecule has 1 heterocycles. The Hall–Kier alpha value is -2.09. The molecule has 1 N–H and O–H groups in total. The topological polar surface area (TPSA) is 76.4 Å². The van der Waals surface area contributed by atoms with Crippen molar-refractivity contribution >= 4 is 18.0 Å². The quantitative estimate of drug-likeness (QED) is 0.552. The van der Waals surface area contributed by atoms with Gasteiger partial charge in [0, 0.05) is 0 Å². The highest BCUT2D eigenvalue weighted by Gasteiger charge is 2.13. The van der Waals surface area contributed by atoms with Crippen molar-refractivity contribution in [3.05, 3.63) is 21.8 Å². The molecule has 0 amide bonds. The van der Waals surface area contributed by atoms with E-state index in [9.17, 15) is 14.4 Å². The van der Waals surface area contributed by atoms with Gasteiger partial charge in [0.25, 0.3) is 0 Å². The molecule has 5 heteroatoms. The van der Waals surface area contributed by atoms with Gasteiger partial charge in [0.15, 0.2) is 11.9 Å². The van der Waals surface area contributed by atoms with Crippen LogP contribution in [0, 0.1) is 13.8 Å². The van der Waals surface area contributed by atoms with Gasteiger partial charge >= 0.3 is 6.09 Å². The smallest absolute Gasteiger partial charge is 0.417 e. The summed E-state index contributed by atoms with van der Waals surface area (Å²) in [6.45, 7) is 3.10. The minimum Gasteiger partial charge on any atom is -0.464 e. The second kappa shape index (κ2) is 3.34. The molecule has 0 aliphatic rings. The van der Waals surface area contributed by atoms with Crippen LogP contribution in [0.1, 0.15) is 11.1 Å². The van der Waals surface area contributed by atoms with Crippen LogP contribution < -0.4 is 10.7 Å². The number of aromatic nitrogens is 1. The van der Waals surface area contributed by atoms with Crippen LogP contribution in [0.5, 0.6) is 0 Å². The molecule has 5 nitrogen and oxygen atoms in total. The van der Waals surface area contributed by atoms with Gasteiger partial charge in [0.1, 0.15) is 10.7 Å². The Kier molecular flexibility index (Phi) is 2.38. The minimum atomic E-state index is -1.39. The lowest BCUT2D eigenvalue weighted by molar-refractivity contribution is 0.195. The monoisotopic (exact) mass is 193 g/mol. The van der Waals surface area contributed by atoms with E-state index in [4.69, 9.17) is 5.11 Å². The molecule has 0 bridgehead atoms. The molecule has 0 radical (unpaired) electrons. The van der Waals surface area contributed by atoms with Gasteiger partial charge < -0.3 is 5.11 Å². The molecule has 0 fully saturated rings. The zero-order valence-electron chi connectivity index (χ0n) is 7.62. The van der Waals surface area contributed by atoms with Crippen molar-refractivity contribution < 1.29 is 19.5 Å². The van der Waals surface area contributed by atoms with Crippen molar-refractivity contribution in [1.82, 2.24) is 4.57 Å². The fraction of sp³-hybridized carbons (Fsp3) is 0.222. The first-order valence-electron chi connectivity index (χ1n) is 3.76. The zero-order valence-corrected chi connectivity index (χ0v) is 7.62. The third kappa shape index (κ3) is 1.17. The van der Waals surface area contributed by atoms with E-state index in [1.807, 2.05) is 0 Å². The number of hydrogen-bond donors (Lipinski definition) is 1. The Balaban J connectivity index is 4.09. The Morgan fingerprint density at radius 2 is 1.50 bits per heavy atom.